The largest absolute Gasteiger partial charge is 0.467 e. The minimum atomic E-state index is -0.601. The molecule has 3 rings (SSSR count). The van der Waals surface area contributed by atoms with Gasteiger partial charge in [-0.15, -0.1) is 0 Å². The molecule has 2 aromatic rings. The Kier molecular flexibility index (Phi) is 5.52. The second kappa shape index (κ2) is 8.19. The Morgan fingerprint density at radius 2 is 2.00 bits per heavy atom. The van der Waals surface area contributed by atoms with Gasteiger partial charge in [0.2, 0.25) is 11.8 Å². The van der Waals surface area contributed by atoms with Crippen LogP contribution in [-0.2, 0) is 16.1 Å². The molecule has 1 saturated heterocycles. The van der Waals surface area contributed by atoms with Crippen molar-refractivity contribution >= 4 is 29.2 Å². The molecular formula is C18H20N4O4. The predicted octanol–water partition coefficient (Wildman–Crippen LogP) is 1.84. The molecule has 1 aliphatic heterocycles. The van der Waals surface area contributed by atoms with Crippen LogP contribution in [0.5, 0.6) is 0 Å². The van der Waals surface area contributed by atoms with Crippen LogP contribution in [0.4, 0.5) is 16.2 Å². The van der Waals surface area contributed by atoms with Crippen molar-refractivity contribution < 1.29 is 18.8 Å². The summed E-state index contributed by atoms with van der Waals surface area (Å²) in [5.41, 5.74) is 1.42. The van der Waals surface area contributed by atoms with Gasteiger partial charge in [-0.3, -0.25) is 14.9 Å². The number of para-hydroxylation sites is 2. The van der Waals surface area contributed by atoms with E-state index >= 15 is 0 Å². The SMILES string of the molecule is O=C(CNc1ccccc1N1CCCC1=O)NC(=O)NCc1ccco1. The first-order valence-electron chi connectivity index (χ1n) is 8.37. The van der Waals surface area contributed by atoms with Gasteiger partial charge in [0, 0.05) is 13.0 Å². The van der Waals surface area contributed by atoms with E-state index in [2.05, 4.69) is 16.0 Å². The van der Waals surface area contributed by atoms with Gasteiger partial charge in [0.1, 0.15) is 5.76 Å². The van der Waals surface area contributed by atoms with E-state index in [-0.39, 0.29) is 19.0 Å². The van der Waals surface area contributed by atoms with Gasteiger partial charge < -0.3 is 20.0 Å². The van der Waals surface area contributed by atoms with Gasteiger partial charge in [0.15, 0.2) is 0 Å². The number of carbonyl (C=O) groups excluding carboxylic acids is 3. The number of carbonyl (C=O) groups is 3. The molecule has 0 atom stereocenters. The van der Waals surface area contributed by atoms with Gasteiger partial charge in [-0.1, -0.05) is 12.1 Å². The van der Waals surface area contributed by atoms with Gasteiger partial charge in [-0.25, -0.2) is 4.79 Å². The van der Waals surface area contributed by atoms with Gasteiger partial charge in [0.25, 0.3) is 0 Å². The van der Waals surface area contributed by atoms with Crippen molar-refractivity contribution in [1.29, 1.82) is 0 Å². The lowest BCUT2D eigenvalue weighted by Gasteiger charge is -2.20. The van der Waals surface area contributed by atoms with Crippen molar-refractivity contribution in [2.75, 3.05) is 23.3 Å². The lowest BCUT2D eigenvalue weighted by molar-refractivity contribution is -0.118. The maximum atomic E-state index is 11.9. The maximum Gasteiger partial charge on any atom is 0.321 e. The van der Waals surface area contributed by atoms with Crippen LogP contribution in [0.3, 0.4) is 0 Å². The number of hydrogen-bond acceptors (Lipinski definition) is 5. The molecule has 1 aliphatic rings. The Labute approximate surface area is 150 Å². The zero-order valence-corrected chi connectivity index (χ0v) is 14.2. The molecule has 0 radical (unpaired) electrons. The highest BCUT2D eigenvalue weighted by atomic mass is 16.3. The standard InChI is InChI=1S/C18H20N4O4/c23-16(21-18(25)20-11-13-5-4-10-26-13)12-19-14-6-1-2-7-15(14)22-9-3-8-17(22)24/h1-2,4-7,10,19H,3,8-9,11-12H2,(H2,20,21,23,25). The van der Waals surface area contributed by atoms with Crippen LogP contribution in [0.2, 0.25) is 0 Å². The molecule has 1 fully saturated rings. The van der Waals surface area contributed by atoms with Gasteiger partial charge in [-0.2, -0.15) is 0 Å². The van der Waals surface area contributed by atoms with E-state index in [9.17, 15) is 14.4 Å². The summed E-state index contributed by atoms with van der Waals surface area (Å²) in [4.78, 5) is 37.3. The number of amides is 4. The van der Waals surface area contributed by atoms with E-state index in [1.807, 2.05) is 18.2 Å². The number of imide groups is 1. The lowest BCUT2D eigenvalue weighted by atomic mass is 10.2. The predicted molar refractivity (Wildman–Crippen MR) is 95.6 cm³/mol. The Morgan fingerprint density at radius 1 is 1.15 bits per heavy atom. The fourth-order valence-corrected chi connectivity index (χ4v) is 2.73. The molecule has 4 amide bonds. The van der Waals surface area contributed by atoms with E-state index in [0.717, 1.165) is 12.1 Å². The quantitative estimate of drug-likeness (QED) is 0.733. The minimum Gasteiger partial charge on any atom is -0.467 e. The highest BCUT2D eigenvalue weighted by molar-refractivity contribution is 5.99. The van der Waals surface area contributed by atoms with Crippen molar-refractivity contribution in [2.24, 2.45) is 0 Å². The number of nitrogens with zero attached hydrogens (tertiary/aromatic N) is 1. The first kappa shape index (κ1) is 17.5. The Balaban J connectivity index is 1.50. The number of nitrogens with one attached hydrogen (secondary N) is 3. The summed E-state index contributed by atoms with van der Waals surface area (Å²) in [6.07, 6.45) is 2.86. The lowest BCUT2D eigenvalue weighted by Crippen LogP contribution is -2.41. The van der Waals surface area contributed by atoms with Gasteiger partial charge in [-0.05, 0) is 30.7 Å². The fraction of sp³-hybridized carbons (Fsp3) is 0.278. The molecule has 1 aromatic carbocycles. The average Bonchev–Trinajstić information content (AvgIpc) is 3.30. The Morgan fingerprint density at radius 3 is 2.73 bits per heavy atom. The van der Waals surface area contributed by atoms with E-state index in [1.54, 1.807) is 23.1 Å². The summed E-state index contributed by atoms with van der Waals surface area (Å²) in [6.45, 7) is 0.769. The normalized spacial score (nSPS) is 13.5. The number of anilines is 2. The van der Waals surface area contributed by atoms with E-state index < -0.39 is 11.9 Å². The van der Waals surface area contributed by atoms with E-state index in [0.29, 0.717) is 24.4 Å². The second-order valence-corrected chi connectivity index (χ2v) is 5.83. The van der Waals surface area contributed by atoms with Gasteiger partial charge in [0.05, 0.1) is 30.7 Å². The van der Waals surface area contributed by atoms with Crippen LogP contribution in [0.1, 0.15) is 18.6 Å². The van der Waals surface area contributed by atoms with Crippen LogP contribution in [0.25, 0.3) is 0 Å². The third-order valence-corrected chi connectivity index (χ3v) is 3.96. The van der Waals surface area contributed by atoms with Crippen LogP contribution in [0, 0.1) is 0 Å². The zero-order valence-electron chi connectivity index (χ0n) is 14.2. The monoisotopic (exact) mass is 356 g/mol. The zero-order chi connectivity index (χ0) is 18.4. The van der Waals surface area contributed by atoms with Crippen molar-refractivity contribution in [3.63, 3.8) is 0 Å². The first-order chi connectivity index (χ1) is 12.6. The molecule has 0 saturated carbocycles. The third kappa shape index (κ3) is 4.41. The molecule has 3 N–H and O–H groups in total. The number of rotatable bonds is 6. The Hall–Kier alpha value is -3.29. The number of urea groups is 1. The smallest absolute Gasteiger partial charge is 0.321 e. The molecule has 0 unspecified atom stereocenters. The van der Waals surface area contributed by atoms with Crippen LogP contribution in [-0.4, -0.2) is 30.9 Å². The molecule has 0 spiro atoms. The number of hydrogen-bond donors (Lipinski definition) is 3. The molecule has 2 heterocycles. The fourth-order valence-electron chi connectivity index (χ4n) is 2.73. The molecule has 1 aromatic heterocycles. The summed E-state index contributed by atoms with van der Waals surface area (Å²) in [6, 6.07) is 10.1. The van der Waals surface area contributed by atoms with Gasteiger partial charge >= 0.3 is 6.03 Å². The summed E-state index contributed by atoms with van der Waals surface area (Å²) in [7, 11) is 0. The molecule has 8 nitrogen and oxygen atoms in total. The number of furan rings is 1. The second-order valence-electron chi connectivity index (χ2n) is 5.83. The van der Waals surface area contributed by atoms with E-state index in [1.165, 1.54) is 6.26 Å². The topological polar surface area (TPSA) is 104 Å². The van der Waals surface area contributed by atoms with Crippen molar-refractivity contribution in [1.82, 2.24) is 10.6 Å². The first-order valence-corrected chi connectivity index (χ1v) is 8.37. The number of benzene rings is 1. The summed E-state index contributed by atoms with van der Waals surface area (Å²) in [5.74, 6) is 0.181. The van der Waals surface area contributed by atoms with E-state index in [4.69, 9.17) is 4.42 Å². The molecule has 0 bridgehead atoms. The minimum absolute atomic E-state index is 0.0704. The summed E-state index contributed by atoms with van der Waals surface area (Å²) in [5, 5.41) is 7.75. The van der Waals surface area contributed by atoms with Crippen molar-refractivity contribution in [2.45, 2.75) is 19.4 Å². The summed E-state index contributed by atoms with van der Waals surface area (Å²) < 4.78 is 5.09. The van der Waals surface area contributed by atoms with Crippen molar-refractivity contribution in [3.05, 3.63) is 48.4 Å². The van der Waals surface area contributed by atoms with Crippen LogP contribution >= 0.6 is 0 Å². The highest BCUT2D eigenvalue weighted by Gasteiger charge is 2.23. The summed E-state index contributed by atoms with van der Waals surface area (Å²) >= 11 is 0. The van der Waals surface area contributed by atoms with Crippen LogP contribution < -0.4 is 20.9 Å². The molecular weight excluding hydrogens is 336 g/mol. The molecule has 136 valence electrons. The van der Waals surface area contributed by atoms with Crippen molar-refractivity contribution in [3.8, 4) is 0 Å². The molecule has 0 aliphatic carbocycles. The highest BCUT2D eigenvalue weighted by Crippen LogP contribution is 2.29. The Bertz CT molecular complexity index is 788. The molecule has 8 heteroatoms. The maximum absolute atomic E-state index is 11.9. The third-order valence-electron chi connectivity index (χ3n) is 3.96. The molecule has 26 heavy (non-hydrogen) atoms. The average molecular weight is 356 g/mol. The van der Waals surface area contributed by atoms with Crippen LogP contribution in [0.15, 0.2) is 47.1 Å².